The first-order valence-corrected chi connectivity index (χ1v) is 11.0. The quantitative estimate of drug-likeness (QED) is 0.347. The molecule has 7 nitrogen and oxygen atoms in total. The Morgan fingerprint density at radius 1 is 1.03 bits per heavy atom. The van der Waals surface area contributed by atoms with Crippen molar-refractivity contribution in [3.63, 3.8) is 0 Å². The lowest BCUT2D eigenvalue weighted by Gasteiger charge is -2.27. The van der Waals surface area contributed by atoms with Crippen molar-refractivity contribution in [2.24, 2.45) is 0 Å². The summed E-state index contributed by atoms with van der Waals surface area (Å²) in [5, 5.41) is 18.1. The first-order chi connectivity index (χ1) is 15.8. The Labute approximate surface area is 193 Å². The summed E-state index contributed by atoms with van der Waals surface area (Å²) < 4.78 is 1.67. The van der Waals surface area contributed by atoms with Gasteiger partial charge in [0, 0.05) is 16.8 Å². The number of amides is 1. The highest BCUT2D eigenvalue weighted by atomic mass is 16.3. The van der Waals surface area contributed by atoms with Crippen LogP contribution in [0.2, 0.25) is 0 Å². The normalized spacial score (nSPS) is 17.8. The molecule has 1 aromatic heterocycles. The van der Waals surface area contributed by atoms with E-state index in [1.54, 1.807) is 11.6 Å². The first-order valence-electron chi connectivity index (χ1n) is 11.0. The molecule has 1 aliphatic heterocycles. The van der Waals surface area contributed by atoms with E-state index in [0.717, 1.165) is 21.7 Å². The van der Waals surface area contributed by atoms with E-state index in [-0.39, 0.29) is 5.57 Å². The number of benzene rings is 2. The van der Waals surface area contributed by atoms with E-state index in [9.17, 15) is 14.7 Å². The number of carbonyl (C=O) groups excluding carboxylic acids is 2. The maximum Gasteiger partial charge on any atom is 0.295 e. The van der Waals surface area contributed by atoms with Crippen molar-refractivity contribution in [3.8, 4) is 5.69 Å². The van der Waals surface area contributed by atoms with Crippen molar-refractivity contribution >= 4 is 17.4 Å². The second-order valence-electron chi connectivity index (χ2n) is 8.73. The van der Waals surface area contributed by atoms with Gasteiger partial charge in [0.15, 0.2) is 0 Å². The van der Waals surface area contributed by atoms with Crippen molar-refractivity contribution in [3.05, 3.63) is 88.8 Å². The molecule has 7 heteroatoms. The molecular formula is C26H28N4O3. The molecule has 1 N–H and O–H groups in total. The molecule has 3 aromatic rings. The zero-order valence-electron chi connectivity index (χ0n) is 19.3. The van der Waals surface area contributed by atoms with E-state index >= 15 is 0 Å². The molecule has 0 aliphatic carbocycles. The number of rotatable bonds is 6. The molecule has 170 valence electrons. The topological polar surface area (TPSA) is 82.7 Å². The van der Waals surface area contributed by atoms with Crippen molar-refractivity contribution in [2.45, 2.75) is 19.9 Å². The number of ketones is 1. The average molecular weight is 445 g/mol. The molecule has 2 aromatic carbocycles. The number of likely N-dealkylation sites (N-methyl/N-ethyl adjacent to an activating group) is 1. The van der Waals surface area contributed by atoms with Crippen molar-refractivity contribution < 1.29 is 19.6 Å². The predicted molar refractivity (Wildman–Crippen MR) is 124 cm³/mol. The van der Waals surface area contributed by atoms with Gasteiger partial charge in [0.05, 0.1) is 45.1 Å². The molecule has 1 unspecified atom stereocenters. The third-order valence-corrected chi connectivity index (χ3v) is 6.03. The molecular weight excluding hydrogens is 416 g/mol. The van der Waals surface area contributed by atoms with E-state index in [4.69, 9.17) is 0 Å². The highest BCUT2D eigenvalue weighted by molar-refractivity contribution is 6.46. The summed E-state index contributed by atoms with van der Waals surface area (Å²) in [4.78, 5) is 28.8. The van der Waals surface area contributed by atoms with Crippen LogP contribution in [-0.2, 0) is 9.59 Å². The van der Waals surface area contributed by atoms with E-state index in [0.29, 0.717) is 24.3 Å². The highest BCUT2D eigenvalue weighted by Gasteiger charge is 2.44. The Balaban J connectivity index is 1.84. The molecule has 1 aliphatic rings. The number of nitrogens with one attached hydrogen (secondary N) is 1. The monoisotopic (exact) mass is 444 g/mol. The van der Waals surface area contributed by atoms with E-state index in [1.807, 2.05) is 75.6 Å². The van der Waals surface area contributed by atoms with Gasteiger partial charge in [-0.3, -0.25) is 9.59 Å². The summed E-state index contributed by atoms with van der Waals surface area (Å²) in [6.45, 7) is 4.81. The SMILES string of the molecule is Cc1ccc(C2/C(=C(\[O-])c3cnn(-c4ccccc4)c3C)C(=O)C(=O)N2CC[NH+](C)C)cc1. The fraction of sp³-hybridized carbons (Fsp3) is 0.269. The molecule has 33 heavy (non-hydrogen) atoms. The van der Waals surface area contributed by atoms with Gasteiger partial charge < -0.3 is 14.9 Å². The van der Waals surface area contributed by atoms with Crippen molar-refractivity contribution in [1.82, 2.24) is 14.7 Å². The zero-order chi connectivity index (χ0) is 23.7. The van der Waals surface area contributed by atoms with Crippen LogP contribution in [0.3, 0.4) is 0 Å². The van der Waals surface area contributed by atoms with Crippen LogP contribution in [0, 0.1) is 13.8 Å². The number of Topliss-reactive ketones (excluding diaryl/α,β-unsaturated/α-hetero) is 1. The standard InChI is InChI=1S/C26H28N4O3/c1-17-10-12-19(13-11-17)23-22(25(32)26(33)29(23)15-14-28(3)4)24(31)21-16-27-30(18(21)2)20-8-6-5-7-9-20/h5-13,16,23,31H,14-15H2,1-4H3/b24-22+. The molecule has 0 radical (unpaired) electrons. The molecule has 4 rings (SSSR count). The number of hydrogen-bond acceptors (Lipinski definition) is 4. The van der Waals surface area contributed by atoms with Crippen LogP contribution in [0.15, 0.2) is 66.4 Å². The van der Waals surface area contributed by atoms with Gasteiger partial charge in [-0.2, -0.15) is 5.10 Å². The summed E-state index contributed by atoms with van der Waals surface area (Å²) in [7, 11) is 3.97. The fourth-order valence-corrected chi connectivity index (χ4v) is 4.15. The van der Waals surface area contributed by atoms with Gasteiger partial charge >= 0.3 is 0 Å². The van der Waals surface area contributed by atoms with Gasteiger partial charge in [-0.15, -0.1) is 0 Å². The lowest BCUT2D eigenvalue weighted by molar-refractivity contribution is -0.857. The van der Waals surface area contributed by atoms with Gasteiger partial charge in [0.2, 0.25) is 5.78 Å². The fourth-order valence-electron chi connectivity index (χ4n) is 4.15. The molecule has 0 bridgehead atoms. The van der Waals surface area contributed by atoms with Crippen LogP contribution in [0.1, 0.15) is 28.4 Å². The largest absolute Gasteiger partial charge is 0.872 e. The summed E-state index contributed by atoms with van der Waals surface area (Å²) in [5.74, 6) is -1.80. The number of hydrogen-bond donors (Lipinski definition) is 1. The number of likely N-dealkylation sites (tertiary alicyclic amines) is 1. The predicted octanol–water partition coefficient (Wildman–Crippen LogP) is 0.858. The van der Waals surface area contributed by atoms with Crippen LogP contribution < -0.4 is 10.0 Å². The molecule has 0 spiro atoms. The molecule has 1 amide bonds. The minimum atomic E-state index is -0.730. The van der Waals surface area contributed by atoms with E-state index in [1.165, 1.54) is 11.1 Å². The van der Waals surface area contributed by atoms with E-state index in [2.05, 4.69) is 5.10 Å². The summed E-state index contributed by atoms with van der Waals surface area (Å²) >= 11 is 0. The Kier molecular flexibility index (Phi) is 6.16. The van der Waals surface area contributed by atoms with Gasteiger partial charge in [0.1, 0.15) is 0 Å². The molecule has 1 atom stereocenters. The van der Waals surface area contributed by atoms with Crippen LogP contribution in [0.25, 0.3) is 11.4 Å². The number of aromatic nitrogens is 2. The van der Waals surface area contributed by atoms with Gasteiger partial charge in [-0.05, 0) is 31.5 Å². The Morgan fingerprint density at radius 2 is 1.70 bits per heavy atom. The van der Waals surface area contributed by atoms with Crippen LogP contribution in [0.4, 0.5) is 0 Å². The van der Waals surface area contributed by atoms with Crippen molar-refractivity contribution in [1.29, 1.82) is 0 Å². The number of nitrogens with zero attached hydrogens (tertiary/aromatic N) is 3. The lowest BCUT2D eigenvalue weighted by atomic mass is 9.95. The van der Waals surface area contributed by atoms with Crippen LogP contribution in [-0.4, -0.2) is 53.6 Å². The second-order valence-corrected chi connectivity index (χ2v) is 8.73. The molecule has 1 saturated heterocycles. The zero-order valence-corrected chi connectivity index (χ0v) is 19.3. The summed E-state index contributed by atoms with van der Waals surface area (Å²) in [6, 6.07) is 16.4. The maximum atomic E-state index is 13.7. The minimum Gasteiger partial charge on any atom is -0.872 e. The summed E-state index contributed by atoms with van der Waals surface area (Å²) in [6.07, 6.45) is 1.48. The van der Waals surface area contributed by atoms with Crippen LogP contribution in [0.5, 0.6) is 0 Å². The second kappa shape index (κ2) is 9.03. The highest BCUT2D eigenvalue weighted by Crippen LogP contribution is 2.39. The average Bonchev–Trinajstić information content (AvgIpc) is 3.30. The minimum absolute atomic E-state index is 0.00618. The van der Waals surface area contributed by atoms with Gasteiger partial charge in [-0.1, -0.05) is 53.8 Å². The smallest absolute Gasteiger partial charge is 0.295 e. The van der Waals surface area contributed by atoms with Gasteiger partial charge in [0.25, 0.3) is 5.91 Å². The Morgan fingerprint density at radius 3 is 2.33 bits per heavy atom. The summed E-state index contributed by atoms with van der Waals surface area (Å²) in [5.41, 5.74) is 3.58. The first kappa shape index (κ1) is 22.5. The number of carbonyl (C=O) groups is 2. The molecule has 1 fully saturated rings. The van der Waals surface area contributed by atoms with Crippen molar-refractivity contribution in [2.75, 3.05) is 27.2 Å². The Hall–Kier alpha value is -3.71. The Bertz CT molecular complexity index is 1210. The maximum absolute atomic E-state index is 13.7. The number of para-hydroxylation sites is 1. The van der Waals surface area contributed by atoms with Gasteiger partial charge in [-0.25, -0.2) is 4.68 Å². The molecule has 0 saturated carbocycles. The van der Waals surface area contributed by atoms with E-state index < -0.39 is 23.5 Å². The third kappa shape index (κ3) is 4.19. The van der Waals surface area contributed by atoms with Crippen LogP contribution >= 0.6 is 0 Å². The number of quaternary nitrogens is 1. The number of aryl methyl sites for hydroxylation is 1. The molecule has 2 heterocycles. The third-order valence-electron chi connectivity index (χ3n) is 6.03. The lowest BCUT2D eigenvalue weighted by Crippen LogP contribution is -3.06.